The number of benzene rings is 2. The van der Waals surface area contributed by atoms with E-state index in [2.05, 4.69) is 6.07 Å². The van der Waals surface area contributed by atoms with Gasteiger partial charge in [0.25, 0.3) is 0 Å². The summed E-state index contributed by atoms with van der Waals surface area (Å²) in [5.41, 5.74) is 1.91. The Kier molecular flexibility index (Phi) is 1.83. The molecule has 0 aliphatic carbocycles. The summed E-state index contributed by atoms with van der Waals surface area (Å²) in [6.45, 7) is 1.59. The van der Waals surface area contributed by atoms with Crippen LogP contribution in [0.15, 0.2) is 42.5 Å². The Balaban J connectivity index is 2.64. The van der Waals surface area contributed by atoms with Gasteiger partial charge in [-0.1, -0.05) is 24.3 Å². The first-order valence-corrected chi connectivity index (χ1v) is 5.19. The van der Waals surface area contributed by atoms with E-state index in [1.165, 1.54) is 0 Å². The van der Waals surface area contributed by atoms with Crippen molar-refractivity contribution >= 4 is 27.7 Å². The Bertz CT molecular complexity index is 641. The predicted molar refractivity (Wildman–Crippen MR) is 64.6 cm³/mol. The molecule has 0 unspecified atom stereocenters. The van der Waals surface area contributed by atoms with Gasteiger partial charge in [0.2, 0.25) is 5.91 Å². The van der Waals surface area contributed by atoms with Gasteiger partial charge in [0.1, 0.15) is 0 Å². The van der Waals surface area contributed by atoms with Gasteiger partial charge < -0.3 is 0 Å². The van der Waals surface area contributed by atoms with Gasteiger partial charge in [-0.2, -0.15) is 0 Å². The molecule has 2 heteroatoms. The number of aromatic nitrogens is 1. The highest BCUT2D eigenvalue weighted by molar-refractivity contribution is 6.12. The molecule has 0 spiro atoms. The van der Waals surface area contributed by atoms with Crippen molar-refractivity contribution in [2.45, 2.75) is 6.92 Å². The highest BCUT2D eigenvalue weighted by atomic mass is 16.1. The summed E-state index contributed by atoms with van der Waals surface area (Å²) in [5, 5.41) is 2.18. The Labute approximate surface area is 93.1 Å². The van der Waals surface area contributed by atoms with Crippen LogP contribution in [0.2, 0.25) is 0 Å². The molecular weight excluding hydrogens is 198 g/mol. The van der Waals surface area contributed by atoms with Crippen molar-refractivity contribution in [2.75, 3.05) is 0 Å². The molecule has 77 valence electrons. The van der Waals surface area contributed by atoms with Crippen molar-refractivity contribution < 1.29 is 4.79 Å². The average Bonchev–Trinajstić information content (AvgIpc) is 2.63. The summed E-state index contributed by atoms with van der Waals surface area (Å²) in [6.07, 6.45) is 0. The van der Waals surface area contributed by atoms with Crippen LogP contribution in [-0.4, -0.2) is 10.5 Å². The van der Waals surface area contributed by atoms with E-state index in [4.69, 9.17) is 0 Å². The number of para-hydroxylation sites is 1. The molecule has 2 nitrogen and oxygen atoms in total. The largest absolute Gasteiger partial charge is 0.280 e. The van der Waals surface area contributed by atoms with Gasteiger partial charge in [-0.15, -0.1) is 0 Å². The lowest BCUT2D eigenvalue weighted by atomic mass is 10.2. The van der Waals surface area contributed by atoms with Crippen molar-refractivity contribution in [1.29, 1.82) is 0 Å². The molecule has 3 aromatic rings. The first kappa shape index (κ1) is 9.16. The number of carbonyl (C=O) groups excluding carboxylic acids is 1. The van der Waals surface area contributed by atoms with E-state index in [0.717, 1.165) is 21.8 Å². The molecule has 1 aromatic heterocycles. The molecule has 16 heavy (non-hydrogen) atoms. The van der Waals surface area contributed by atoms with Crippen LogP contribution in [0.25, 0.3) is 21.8 Å². The number of hydrogen-bond donors (Lipinski definition) is 0. The maximum Gasteiger partial charge on any atom is 0.228 e. The third kappa shape index (κ3) is 1.10. The molecule has 1 radical (unpaired) electrons. The second kappa shape index (κ2) is 3.20. The van der Waals surface area contributed by atoms with E-state index in [1.807, 2.05) is 42.5 Å². The van der Waals surface area contributed by atoms with E-state index in [9.17, 15) is 4.79 Å². The summed E-state index contributed by atoms with van der Waals surface area (Å²) in [4.78, 5) is 11.7. The van der Waals surface area contributed by atoms with E-state index >= 15 is 0 Å². The fourth-order valence-corrected chi connectivity index (χ4v) is 2.20. The van der Waals surface area contributed by atoms with Crippen LogP contribution >= 0.6 is 0 Å². The van der Waals surface area contributed by atoms with Crippen LogP contribution < -0.4 is 0 Å². The minimum absolute atomic E-state index is 0.0393. The van der Waals surface area contributed by atoms with Gasteiger partial charge in [0, 0.05) is 17.7 Å². The van der Waals surface area contributed by atoms with Crippen molar-refractivity contribution in [1.82, 2.24) is 4.57 Å². The summed E-state index contributed by atoms with van der Waals surface area (Å²) < 4.78 is 1.75. The monoisotopic (exact) mass is 208 g/mol. The molecular formula is C14H10NO. The van der Waals surface area contributed by atoms with Crippen molar-refractivity contribution in [3.63, 3.8) is 0 Å². The molecule has 0 N–H and O–H groups in total. The van der Waals surface area contributed by atoms with Crippen LogP contribution in [0, 0.1) is 6.07 Å². The van der Waals surface area contributed by atoms with Crippen molar-refractivity contribution in [3.05, 3.63) is 48.5 Å². The van der Waals surface area contributed by atoms with E-state index in [0.29, 0.717) is 0 Å². The third-order valence-corrected chi connectivity index (χ3v) is 2.83. The lowest BCUT2D eigenvalue weighted by Gasteiger charge is -2.00. The van der Waals surface area contributed by atoms with Gasteiger partial charge in [-0.05, 0) is 24.3 Å². The standard InChI is InChI=1S/C14H10NO/c1-10(16)15-13-8-4-2-6-11(13)12-7-3-5-9-14(12)15/h2,4-9H,1H3. The van der Waals surface area contributed by atoms with Crippen molar-refractivity contribution in [2.24, 2.45) is 0 Å². The molecule has 2 aromatic carbocycles. The quantitative estimate of drug-likeness (QED) is 0.555. The molecule has 0 fully saturated rings. The fourth-order valence-electron chi connectivity index (χ4n) is 2.20. The Morgan fingerprint density at radius 1 is 1.12 bits per heavy atom. The molecule has 3 rings (SSSR count). The zero-order valence-electron chi connectivity index (χ0n) is 8.90. The summed E-state index contributed by atoms with van der Waals surface area (Å²) in [5.74, 6) is 0.0393. The zero-order valence-corrected chi connectivity index (χ0v) is 8.90. The summed E-state index contributed by atoms with van der Waals surface area (Å²) in [7, 11) is 0. The second-order valence-electron chi connectivity index (χ2n) is 3.81. The summed E-state index contributed by atoms with van der Waals surface area (Å²) >= 11 is 0. The maximum atomic E-state index is 11.7. The first-order valence-electron chi connectivity index (χ1n) is 5.19. The Morgan fingerprint density at radius 2 is 1.88 bits per heavy atom. The number of rotatable bonds is 0. The van der Waals surface area contributed by atoms with Crippen molar-refractivity contribution in [3.8, 4) is 0 Å². The van der Waals surface area contributed by atoms with Gasteiger partial charge in [-0.25, -0.2) is 0 Å². The lowest BCUT2D eigenvalue weighted by Crippen LogP contribution is -2.04. The number of carbonyl (C=O) groups is 1. The van der Waals surface area contributed by atoms with Gasteiger partial charge >= 0.3 is 0 Å². The van der Waals surface area contributed by atoms with Crippen LogP contribution in [0.1, 0.15) is 11.7 Å². The van der Waals surface area contributed by atoms with Crippen LogP contribution in [0.3, 0.4) is 0 Å². The Morgan fingerprint density at radius 3 is 2.69 bits per heavy atom. The fraction of sp³-hybridized carbons (Fsp3) is 0.0714. The SMILES string of the molecule is CC(=O)n1c2cc[c]cc2c2ccccc21. The Hall–Kier alpha value is -2.09. The summed E-state index contributed by atoms with van der Waals surface area (Å²) in [6, 6.07) is 16.7. The van der Waals surface area contributed by atoms with Crippen LogP contribution in [0.4, 0.5) is 0 Å². The van der Waals surface area contributed by atoms with E-state index in [-0.39, 0.29) is 5.91 Å². The smallest absolute Gasteiger partial charge is 0.228 e. The molecule has 0 aliphatic heterocycles. The highest BCUT2D eigenvalue weighted by Gasteiger charge is 2.11. The zero-order chi connectivity index (χ0) is 11.1. The normalized spacial score (nSPS) is 11.1. The first-order chi connectivity index (χ1) is 7.79. The number of hydrogen-bond acceptors (Lipinski definition) is 1. The predicted octanol–water partition coefficient (Wildman–Crippen LogP) is 3.25. The van der Waals surface area contributed by atoms with Gasteiger partial charge in [0.15, 0.2) is 0 Å². The molecule has 0 bridgehead atoms. The number of nitrogens with zero attached hydrogens (tertiary/aromatic N) is 1. The third-order valence-electron chi connectivity index (χ3n) is 2.83. The minimum Gasteiger partial charge on any atom is -0.280 e. The second-order valence-corrected chi connectivity index (χ2v) is 3.81. The van der Waals surface area contributed by atoms with Crippen LogP contribution in [-0.2, 0) is 0 Å². The molecule has 0 amide bonds. The highest BCUT2D eigenvalue weighted by Crippen LogP contribution is 2.28. The lowest BCUT2D eigenvalue weighted by molar-refractivity contribution is 0.0946. The minimum atomic E-state index is 0.0393. The van der Waals surface area contributed by atoms with Gasteiger partial charge in [0.05, 0.1) is 11.0 Å². The number of fused-ring (bicyclic) bond motifs is 3. The molecule has 1 heterocycles. The average molecular weight is 208 g/mol. The molecule has 0 aliphatic rings. The molecule has 0 saturated heterocycles. The van der Waals surface area contributed by atoms with E-state index < -0.39 is 0 Å². The van der Waals surface area contributed by atoms with Gasteiger partial charge in [-0.3, -0.25) is 9.36 Å². The topological polar surface area (TPSA) is 22.0 Å². The van der Waals surface area contributed by atoms with Crippen LogP contribution in [0.5, 0.6) is 0 Å². The molecule has 0 saturated carbocycles. The maximum absolute atomic E-state index is 11.7. The molecule has 0 atom stereocenters. The van der Waals surface area contributed by atoms with E-state index in [1.54, 1.807) is 11.5 Å².